The Hall–Kier alpha value is -1.95. The molecule has 1 aliphatic heterocycles. The van der Waals surface area contributed by atoms with Gasteiger partial charge in [0.25, 0.3) is 5.91 Å². The van der Waals surface area contributed by atoms with E-state index in [1.54, 1.807) is 4.52 Å². The molecule has 3 rings (SSSR count). The molecule has 0 atom stereocenters. The van der Waals surface area contributed by atoms with Crippen molar-refractivity contribution in [1.29, 1.82) is 0 Å². The summed E-state index contributed by atoms with van der Waals surface area (Å²) in [6.45, 7) is 7.23. The molecule has 0 N–H and O–H groups in total. The van der Waals surface area contributed by atoms with Crippen molar-refractivity contribution in [2.45, 2.75) is 13.8 Å². The fourth-order valence-electron chi connectivity index (χ4n) is 2.52. The zero-order valence-electron chi connectivity index (χ0n) is 12.1. The molecule has 0 saturated carbocycles. The van der Waals surface area contributed by atoms with Crippen LogP contribution in [0.5, 0.6) is 0 Å². The maximum Gasteiger partial charge on any atom is 0.272 e. The first kappa shape index (κ1) is 13.1. The summed E-state index contributed by atoms with van der Waals surface area (Å²) in [5.74, 6) is 0.0163. The molecule has 0 radical (unpaired) electrons. The Balaban J connectivity index is 1.91. The van der Waals surface area contributed by atoms with Crippen LogP contribution < -0.4 is 0 Å². The first-order chi connectivity index (χ1) is 9.54. The fourth-order valence-corrected chi connectivity index (χ4v) is 2.52. The lowest BCUT2D eigenvalue weighted by Crippen LogP contribution is -2.47. The molecule has 106 valence electrons. The van der Waals surface area contributed by atoms with Crippen LogP contribution in [0.3, 0.4) is 0 Å². The molecule has 20 heavy (non-hydrogen) atoms. The minimum atomic E-state index is 0.0163. The third-order valence-electron chi connectivity index (χ3n) is 3.74. The highest BCUT2D eigenvalue weighted by Crippen LogP contribution is 2.12. The van der Waals surface area contributed by atoms with E-state index in [0.717, 1.165) is 43.2 Å². The van der Waals surface area contributed by atoms with Gasteiger partial charge >= 0.3 is 0 Å². The van der Waals surface area contributed by atoms with Gasteiger partial charge in [0.15, 0.2) is 5.65 Å². The van der Waals surface area contributed by atoms with Gasteiger partial charge in [-0.05, 0) is 27.0 Å². The van der Waals surface area contributed by atoms with E-state index in [-0.39, 0.29) is 5.91 Å². The van der Waals surface area contributed by atoms with Crippen LogP contribution in [0.15, 0.2) is 12.1 Å². The lowest BCUT2D eigenvalue weighted by Gasteiger charge is -2.32. The second kappa shape index (κ2) is 4.86. The second-order valence-corrected chi connectivity index (χ2v) is 5.43. The van der Waals surface area contributed by atoms with E-state index in [9.17, 15) is 4.79 Å². The summed E-state index contributed by atoms with van der Waals surface area (Å²) in [6.07, 6.45) is 0. The smallest absolute Gasteiger partial charge is 0.272 e. The number of hydrogen-bond acceptors (Lipinski definition) is 4. The SMILES string of the molecule is Cc1cc2nc(C(=O)N3CCN(C)CC3)cc(C)n2n1. The van der Waals surface area contributed by atoms with Gasteiger partial charge in [0.1, 0.15) is 5.69 Å². The average Bonchev–Trinajstić information content (AvgIpc) is 2.80. The molecule has 0 bridgehead atoms. The monoisotopic (exact) mass is 273 g/mol. The molecule has 6 nitrogen and oxygen atoms in total. The minimum absolute atomic E-state index is 0.0163. The first-order valence-corrected chi connectivity index (χ1v) is 6.86. The molecular weight excluding hydrogens is 254 g/mol. The number of amides is 1. The zero-order valence-corrected chi connectivity index (χ0v) is 12.1. The summed E-state index contributed by atoms with van der Waals surface area (Å²) >= 11 is 0. The number of likely N-dealkylation sites (N-methyl/N-ethyl adjacent to an activating group) is 1. The highest BCUT2D eigenvalue weighted by molar-refractivity contribution is 5.93. The number of piperazine rings is 1. The van der Waals surface area contributed by atoms with Crippen LogP contribution in [0.4, 0.5) is 0 Å². The molecule has 1 saturated heterocycles. The molecule has 1 aliphatic rings. The number of aromatic nitrogens is 3. The van der Waals surface area contributed by atoms with Crippen LogP contribution in [0, 0.1) is 13.8 Å². The van der Waals surface area contributed by atoms with E-state index < -0.39 is 0 Å². The van der Waals surface area contributed by atoms with Crippen molar-refractivity contribution < 1.29 is 4.79 Å². The maximum atomic E-state index is 12.5. The van der Waals surface area contributed by atoms with Crippen molar-refractivity contribution in [3.63, 3.8) is 0 Å². The molecule has 2 aromatic rings. The average molecular weight is 273 g/mol. The minimum Gasteiger partial charge on any atom is -0.335 e. The summed E-state index contributed by atoms with van der Waals surface area (Å²) in [4.78, 5) is 21.1. The van der Waals surface area contributed by atoms with Crippen molar-refractivity contribution >= 4 is 11.6 Å². The summed E-state index contributed by atoms with van der Waals surface area (Å²) in [6, 6.07) is 3.72. The Morgan fingerprint density at radius 3 is 2.55 bits per heavy atom. The Morgan fingerprint density at radius 1 is 1.15 bits per heavy atom. The summed E-state index contributed by atoms with van der Waals surface area (Å²) in [5.41, 5.74) is 3.09. The van der Waals surface area contributed by atoms with Crippen molar-refractivity contribution in [2.24, 2.45) is 0 Å². The molecule has 1 amide bonds. The van der Waals surface area contributed by atoms with E-state index in [1.807, 2.05) is 30.9 Å². The van der Waals surface area contributed by atoms with E-state index >= 15 is 0 Å². The Labute approximate surface area is 118 Å². The largest absolute Gasteiger partial charge is 0.335 e. The lowest BCUT2D eigenvalue weighted by molar-refractivity contribution is 0.0658. The predicted octanol–water partition coefficient (Wildman–Crippen LogP) is 0.734. The molecular formula is C14H19N5O. The number of hydrogen-bond donors (Lipinski definition) is 0. The molecule has 1 fully saturated rings. The van der Waals surface area contributed by atoms with Crippen molar-refractivity contribution in [3.05, 3.63) is 29.2 Å². The van der Waals surface area contributed by atoms with Gasteiger partial charge in [-0.25, -0.2) is 9.50 Å². The number of fused-ring (bicyclic) bond motifs is 1. The number of rotatable bonds is 1. The normalized spacial score (nSPS) is 16.9. The first-order valence-electron chi connectivity index (χ1n) is 6.86. The highest BCUT2D eigenvalue weighted by atomic mass is 16.2. The van der Waals surface area contributed by atoms with Crippen LogP contribution in [0.1, 0.15) is 21.9 Å². The Kier molecular flexibility index (Phi) is 3.17. The molecule has 0 aliphatic carbocycles. The quantitative estimate of drug-likeness (QED) is 0.769. The van der Waals surface area contributed by atoms with Crippen LogP contribution in [-0.2, 0) is 0 Å². The molecule has 0 spiro atoms. The molecule has 0 unspecified atom stereocenters. The van der Waals surface area contributed by atoms with Gasteiger partial charge in [-0.15, -0.1) is 0 Å². The van der Waals surface area contributed by atoms with Crippen molar-refractivity contribution in [2.75, 3.05) is 33.2 Å². The topological polar surface area (TPSA) is 53.7 Å². The van der Waals surface area contributed by atoms with E-state index in [2.05, 4.69) is 22.0 Å². The Bertz CT molecular complexity index is 655. The van der Waals surface area contributed by atoms with Crippen LogP contribution >= 0.6 is 0 Å². The summed E-state index contributed by atoms with van der Waals surface area (Å²) in [5, 5.41) is 4.36. The van der Waals surface area contributed by atoms with E-state index in [4.69, 9.17) is 0 Å². The van der Waals surface area contributed by atoms with Crippen molar-refractivity contribution in [3.8, 4) is 0 Å². The lowest BCUT2D eigenvalue weighted by atomic mass is 10.2. The molecule has 0 aromatic carbocycles. The predicted molar refractivity (Wildman–Crippen MR) is 75.9 cm³/mol. The maximum absolute atomic E-state index is 12.5. The van der Waals surface area contributed by atoms with Crippen LogP contribution in [-0.4, -0.2) is 63.5 Å². The van der Waals surface area contributed by atoms with Gasteiger partial charge in [0, 0.05) is 37.9 Å². The van der Waals surface area contributed by atoms with Crippen molar-refractivity contribution in [1.82, 2.24) is 24.4 Å². The van der Waals surface area contributed by atoms with Gasteiger partial charge < -0.3 is 9.80 Å². The molecule has 2 aromatic heterocycles. The van der Waals surface area contributed by atoms with Gasteiger partial charge in [0.05, 0.1) is 5.69 Å². The van der Waals surface area contributed by atoms with Crippen LogP contribution in [0.2, 0.25) is 0 Å². The van der Waals surface area contributed by atoms with Crippen LogP contribution in [0.25, 0.3) is 5.65 Å². The second-order valence-electron chi connectivity index (χ2n) is 5.43. The molecule has 6 heteroatoms. The van der Waals surface area contributed by atoms with Gasteiger partial charge in [-0.1, -0.05) is 0 Å². The highest BCUT2D eigenvalue weighted by Gasteiger charge is 2.22. The standard InChI is InChI=1S/C14H19N5O/c1-10-8-13-15-12(9-11(2)19(13)16-10)14(20)18-6-4-17(3)5-7-18/h8-9H,4-7H2,1-3H3. The number of carbonyl (C=O) groups is 1. The third kappa shape index (κ3) is 2.27. The summed E-state index contributed by atoms with van der Waals surface area (Å²) < 4.78 is 1.77. The number of nitrogens with zero attached hydrogens (tertiary/aromatic N) is 5. The van der Waals surface area contributed by atoms with Gasteiger partial charge in [0.2, 0.25) is 0 Å². The van der Waals surface area contributed by atoms with Gasteiger partial charge in [-0.3, -0.25) is 4.79 Å². The Morgan fingerprint density at radius 2 is 1.85 bits per heavy atom. The fraction of sp³-hybridized carbons (Fsp3) is 0.500. The number of carbonyl (C=O) groups excluding carboxylic acids is 1. The van der Waals surface area contributed by atoms with Gasteiger partial charge in [-0.2, -0.15) is 5.10 Å². The van der Waals surface area contributed by atoms with E-state index in [1.165, 1.54) is 0 Å². The summed E-state index contributed by atoms with van der Waals surface area (Å²) in [7, 11) is 2.07. The molecule has 3 heterocycles. The third-order valence-corrected chi connectivity index (χ3v) is 3.74. The number of aryl methyl sites for hydroxylation is 2. The van der Waals surface area contributed by atoms with E-state index in [0.29, 0.717) is 5.69 Å². The zero-order chi connectivity index (χ0) is 14.3.